The Morgan fingerprint density at radius 2 is 0.917 bits per heavy atom. The summed E-state index contributed by atoms with van der Waals surface area (Å²) in [6.45, 7) is 4.84. The van der Waals surface area contributed by atoms with Crippen molar-refractivity contribution in [2.75, 3.05) is 6.54 Å². The number of allylic oxidation sites excluding steroid dienone is 10. The van der Waals surface area contributed by atoms with Gasteiger partial charge in [-0.05, 0) is 103 Å². The lowest BCUT2D eigenvalue weighted by atomic mass is 10.0. The lowest BCUT2D eigenvalue weighted by Crippen LogP contribution is -2.40. The number of carbonyl (C=O) groups is 3. The van der Waals surface area contributed by atoms with Crippen LogP contribution in [0.2, 0.25) is 0 Å². The molecule has 0 heterocycles. The molecule has 0 aliphatic carbocycles. The normalized spacial score (nSPS) is 13.1. The van der Waals surface area contributed by atoms with E-state index in [4.69, 9.17) is 10.5 Å². The first-order valence-electron chi connectivity index (χ1n) is 25.1. The first kappa shape index (κ1) is 57.1. The summed E-state index contributed by atoms with van der Waals surface area (Å²) in [5.74, 6) is -1.24. The molecule has 7 heteroatoms. The number of unbranched alkanes of at least 4 members (excludes halogenated alkanes) is 21. The Hall–Kier alpha value is -2.93. The smallest absolute Gasteiger partial charge is 0.326 e. The van der Waals surface area contributed by atoms with Gasteiger partial charge < -0.3 is 20.9 Å². The number of carbonyl (C=O) groups excluding carboxylic acids is 2. The fourth-order valence-electron chi connectivity index (χ4n) is 7.36. The highest BCUT2D eigenvalue weighted by Gasteiger charge is 2.19. The van der Waals surface area contributed by atoms with Crippen LogP contribution in [-0.4, -0.2) is 41.6 Å². The summed E-state index contributed by atoms with van der Waals surface area (Å²) < 4.78 is 6.07. The molecule has 0 bridgehead atoms. The largest absolute Gasteiger partial charge is 0.480 e. The zero-order valence-corrected chi connectivity index (χ0v) is 39.0. The van der Waals surface area contributed by atoms with E-state index in [9.17, 15) is 19.5 Å². The van der Waals surface area contributed by atoms with Crippen molar-refractivity contribution in [1.82, 2.24) is 5.32 Å². The quantitative estimate of drug-likeness (QED) is 0.0319. The molecule has 2 unspecified atom stereocenters. The number of hydrogen-bond donors (Lipinski definition) is 3. The van der Waals surface area contributed by atoms with Gasteiger partial charge in [0.2, 0.25) is 5.91 Å². The third-order valence-corrected chi connectivity index (χ3v) is 11.1. The van der Waals surface area contributed by atoms with Gasteiger partial charge in [0.15, 0.2) is 0 Å². The highest BCUT2D eigenvalue weighted by atomic mass is 16.5. The molecule has 7 nitrogen and oxygen atoms in total. The van der Waals surface area contributed by atoms with Crippen LogP contribution in [0.5, 0.6) is 0 Å². The van der Waals surface area contributed by atoms with Crippen molar-refractivity contribution in [3.8, 4) is 0 Å². The maximum atomic E-state index is 12.9. The molecule has 1 amide bonds. The number of aliphatic carboxylic acids is 1. The predicted molar refractivity (Wildman–Crippen MR) is 257 cm³/mol. The Labute approximate surface area is 370 Å². The lowest BCUT2D eigenvalue weighted by Gasteiger charge is -2.18. The van der Waals surface area contributed by atoms with E-state index >= 15 is 0 Å². The monoisotopic (exact) mass is 839 g/mol. The van der Waals surface area contributed by atoms with Gasteiger partial charge in [-0.15, -0.1) is 0 Å². The van der Waals surface area contributed by atoms with Gasteiger partial charge in [-0.3, -0.25) is 9.59 Å². The molecule has 0 aromatic carbocycles. The number of ether oxygens (including phenoxy) is 1. The summed E-state index contributed by atoms with van der Waals surface area (Å²) in [7, 11) is 0. The van der Waals surface area contributed by atoms with Gasteiger partial charge in [0.25, 0.3) is 0 Å². The van der Waals surface area contributed by atoms with Gasteiger partial charge in [0.05, 0.1) is 0 Å². The molecule has 0 radical (unpaired) electrons. The molecule has 0 aromatic rings. The summed E-state index contributed by atoms with van der Waals surface area (Å²) in [4.78, 5) is 36.5. The van der Waals surface area contributed by atoms with Crippen LogP contribution in [0, 0.1) is 0 Å². The molecular formula is C53H94N2O5. The van der Waals surface area contributed by atoms with E-state index in [0.717, 1.165) is 103 Å². The fraction of sp³-hybridized carbons (Fsp3) is 0.755. The number of carboxylic acids is 1. The van der Waals surface area contributed by atoms with Crippen molar-refractivity contribution in [1.29, 1.82) is 0 Å². The lowest BCUT2D eigenvalue weighted by molar-refractivity contribution is -0.150. The average molecular weight is 839 g/mol. The van der Waals surface area contributed by atoms with Crippen LogP contribution in [0.15, 0.2) is 60.8 Å². The van der Waals surface area contributed by atoms with E-state index in [1.807, 2.05) is 0 Å². The topological polar surface area (TPSA) is 119 Å². The number of esters is 1. The van der Waals surface area contributed by atoms with Crippen molar-refractivity contribution in [2.24, 2.45) is 5.73 Å². The third kappa shape index (κ3) is 43.2. The van der Waals surface area contributed by atoms with Crippen molar-refractivity contribution in [3.63, 3.8) is 0 Å². The van der Waals surface area contributed by atoms with Crippen molar-refractivity contribution in [3.05, 3.63) is 60.8 Å². The standard InChI is InChI=1S/C53H94N2O5/c1-3-5-7-9-11-13-15-16-17-18-19-20-21-22-23-24-25-26-28-30-32-37-41-47-52(57)60-49(43-38-34-31-29-27-14-12-10-8-6-4-2)44-39-35-33-36-40-46-51(56)55-50(53(58)59)45-42-48-54/h5,7,11,13,16-17,19-20,22-23,49-50H,3-4,6,8-10,12,14-15,18,21,24-48,54H2,1-2H3,(H,55,56)(H,58,59)/b7-5-,13-11-,17-16-,20-19-,23-22-. The minimum Gasteiger partial charge on any atom is -0.480 e. The minimum absolute atomic E-state index is 0.00582. The molecule has 0 rings (SSSR count). The second kappa shape index (κ2) is 47.1. The number of amides is 1. The SMILES string of the molecule is CC/C=C\C/C=C\C/C=C\C/C=C\C/C=C\CCCCCCCCCC(=O)OC(CCCCCCCCCCCCC)CCCCCCCC(=O)NC(CCCN)C(=O)O. The molecule has 60 heavy (non-hydrogen) atoms. The Morgan fingerprint density at radius 1 is 0.500 bits per heavy atom. The molecule has 0 spiro atoms. The second-order valence-corrected chi connectivity index (χ2v) is 16.9. The highest BCUT2D eigenvalue weighted by molar-refractivity contribution is 5.83. The summed E-state index contributed by atoms with van der Waals surface area (Å²) in [6.07, 6.45) is 59.9. The Bertz CT molecular complexity index is 1130. The summed E-state index contributed by atoms with van der Waals surface area (Å²) >= 11 is 0. The number of nitrogens with two attached hydrogens (primary N) is 1. The number of carboxylic acid groups (broad SMARTS) is 1. The zero-order valence-electron chi connectivity index (χ0n) is 39.0. The summed E-state index contributed by atoms with van der Waals surface area (Å²) in [5.41, 5.74) is 5.50. The third-order valence-electron chi connectivity index (χ3n) is 11.1. The van der Waals surface area contributed by atoms with Crippen LogP contribution in [0.25, 0.3) is 0 Å². The first-order chi connectivity index (χ1) is 29.4. The van der Waals surface area contributed by atoms with Gasteiger partial charge in [0, 0.05) is 12.8 Å². The molecule has 0 aliphatic rings. The van der Waals surface area contributed by atoms with Crippen LogP contribution in [-0.2, 0) is 19.1 Å². The van der Waals surface area contributed by atoms with E-state index in [1.54, 1.807) is 0 Å². The van der Waals surface area contributed by atoms with Gasteiger partial charge in [0.1, 0.15) is 12.1 Å². The Kier molecular flexibility index (Phi) is 44.8. The maximum Gasteiger partial charge on any atom is 0.326 e. The van der Waals surface area contributed by atoms with Crippen molar-refractivity contribution in [2.45, 2.75) is 251 Å². The summed E-state index contributed by atoms with van der Waals surface area (Å²) in [5, 5.41) is 12.0. The fourth-order valence-corrected chi connectivity index (χ4v) is 7.36. The molecule has 346 valence electrons. The number of hydrogen-bond acceptors (Lipinski definition) is 5. The number of nitrogens with one attached hydrogen (secondary N) is 1. The van der Waals surface area contributed by atoms with E-state index in [0.29, 0.717) is 32.2 Å². The molecule has 0 aromatic heterocycles. The Balaban J connectivity index is 4.23. The van der Waals surface area contributed by atoms with Crippen LogP contribution in [0.3, 0.4) is 0 Å². The van der Waals surface area contributed by atoms with Crippen LogP contribution in [0.4, 0.5) is 0 Å². The van der Waals surface area contributed by atoms with E-state index in [-0.39, 0.29) is 18.0 Å². The van der Waals surface area contributed by atoms with E-state index in [1.165, 1.54) is 96.3 Å². The predicted octanol–water partition coefficient (Wildman–Crippen LogP) is 14.9. The average Bonchev–Trinajstić information content (AvgIpc) is 3.23. The molecule has 4 N–H and O–H groups in total. The number of rotatable bonds is 45. The van der Waals surface area contributed by atoms with Crippen molar-refractivity contribution >= 4 is 17.8 Å². The maximum absolute atomic E-state index is 12.9. The van der Waals surface area contributed by atoms with Gasteiger partial charge in [-0.2, -0.15) is 0 Å². The molecular weight excluding hydrogens is 745 g/mol. The van der Waals surface area contributed by atoms with E-state index < -0.39 is 12.0 Å². The van der Waals surface area contributed by atoms with Gasteiger partial charge >= 0.3 is 11.9 Å². The van der Waals surface area contributed by atoms with E-state index in [2.05, 4.69) is 79.9 Å². The first-order valence-corrected chi connectivity index (χ1v) is 25.1. The molecule has 0 aliphatic heterocycles. The van der Waals surface area contributed by atoms with Crippen LogP contribution >= 0.6 is 0 Å². The molecule has 0 saturated carbocycles. The second-order valence-electron chi connectivity index (χ2n) is 16.9. The van der Waals surface area contributed by atoms with Crippen molar-refractivity contribution < 1.29 is 24.2 Å². The minimum atomic E-state index is -1.00. The summed E-state index contributed by atoms with van der Waals surface area (Å²) in [6, 6.07) is -0.859. The Morgan fingerprint density at radius 3 is 1.38 bits per heavy atom. The van der Waals surface area contributed by atoms with Gasteiger partial charge in [-0.25, -0.2) is 4.79 Å². The molecule has 2 atom stereocenters. The molecule has 0 fully saturated rings. The highest BCUT2D eigenvalue weighted by Crippen LogP contribution is 2.19. The van der Waals surface area contributed by atoms with Crippen LogP contribution in [0.1, 0.15) is 239 Å². The van der Waals surface area contributed by atoms with Crippen LogP contribution < -0.4 is 11.1 Å². The van der Waals surface area contributed by atoms with Gasteiger partial charge in [-0.1, -0.05) is 190 Å². The molecule has 0 saturated heterocycles. The zero-order chi connectivity index (χ0) is 43.8.